The summed E-state index contributed by atoms with van der Waals surface area (Å²) in [6.45, 7) is 1.42. The number of piperidine rings is 1. The molecule has 1 aromatic carbocycles. The molecule has 1 aliphatic heterocycles. The zero-order chi connectivity index (χ0) is 14.8. The van der Waals surface area contributed by atoms with Crippen LogP contribution in [0, 0.1) is 5.92 Å². The number of hydrogen-bond donors (Lipinski definition) is 1. The minimum absolute atomic E-state index is 0.0810. The average molecular weight is 307 g/mol. The third-order valence-electron chi connectivity index (χ3n) is 3.44. The third-order valence-corrected chi connectivity index (χ3v) is 5.38. The lowest BCUT2D eigenvalue weighted by molar-refractivity contribution is -0.139. The summed E-state index contributed by atoms with van der Waals surface area (Å²) in [6.07, 6.45) is -3.31. The molecular formula is C13H16F3NO2S. The summed E-state index contributed by atoms with van der Waals surface area (Å²) in [5.74, 6) is -0.301. The Balaban J connectivity index is 2.29. The van der Waals surface area contributed by atoms with E-state index in [1.165, 1.54) is 12.1 Å². The van der Waals surface area contributed by atoms with Gasteiger partial charge in [0.25, 0.3) is 0 Å². The molecule has 0 spiro atoms. The molecular weight excluding hydrogens is 291 g/mol. The van der Waals surface area contributed by atoms with Crippen molar-refractivity contribution in [3.8, 4) is 0 Å². The highest BCUT2D eigenvalue weighted by atomic mass is 32.2. The van der Waals surface area contributed by atoms with E-state index in [2.05, 4.69) is 5.32 Å². The van der Waals surface area contributed by atoms with Crippen LogP contribution in [0.2, 0.25) is 0 Å². The largest absolute Gasteiger partial charge is 0.417 e. The maximum Gasteiger partial charge on any atom is 0.417 e. The highest BCUT2D eigenvalue weighted by molar-refractivity contribution is 7.91. The van der Waals surface area contributed by atoms with Gasteiger partial charge in [-0.25, -0.2) is 8.42 Å². The SMILES string of the molecule is O=S(=O)(CC1CCNCC1)c1ccccc1C(F)(F)F. The molecule has 112 valence electrons. The highest BCUT2D eigenvalue weighted by Gasteiger charge is 2.37. The summed E-state index contributed by atoms with van der Waals surface area (Å²) >= 11 is 0. The molecule has 0 radical (unpaired) electrons. The van der Waals surface area contributed by atoms with Crippen LogP contribution in [0.1, 0.15) is 18.4 Å². The van der Waals surface area contributed by atoms with Gasteiger partial charge in [0.15, 0.2) is 9.84 Å². The van der Waals surface area contributed by atoms with E-state index in [1.807, 2.05) is 0 Å². The maximum atomic E-state index is 12.9. The predicted molar refractivity (Wildman–Crippen MR) is 69.1 cm³/mol. The molecule has 0 bridgehead atoms. The molecule has 1 N–H and O–H groups in total. The second-order valence-corrected chi connectivity index (χ2v) is 6.97. The van der Waals surface area contributed by atoms with Crippen molar-refractivity contribution < 1.29 is 21.6 Å². The number of rotatable bonds is 3. The molecule has 1 fully saturated rings. The second-order valence-electron chi connectivity index (χ2n) is 4.97. The van der Waals surface area contributed by atoms with Gasteiger partial charge >= 0.3 is 6.18 Å². The minimum atomic E-state index is -4.65. The first-order valence-corrected chi connectivity index (χ1v) is 8.05. The van der Waals surface area contributed by atoms with Crippen LogP contribution in [-0.4, -0.2) is 27.3 Å². The molecule has 1 aliphatic rings. The quantitative estimate of drug-likeness (QED) is 0.933. The van der Waals surface area contributed by atoms with E-state index in [0.29, 0.717) is 25.9 Å². The van der Waals surface area contributed by atoms with Crippen molar-refractivity contribution >= 4 is 9.84 Å². The van der Waals surface area contributed by atoms with Crippen LogP contribution in [0.4, 0.5) is 13.2 Å². The first-order valence-electron chi connectivity index (χ1n) is 6.40. The summed E-state index contributed by atoms with van der Waals surface area (Å²) in [5.41, 5.74) is -1.08. The van der Waals surface area contributed by atoms with Gasteiger partial charge in [-0.15, -0.1) is 0 Å². The Morgan fingerprint density at radius 1 is 1.15 bits per heavy atom. The Morgan fingerprint density at radius 3 is 2.35 bits per heavy atom. The number of hydrogen-bond acceptors (Lipinski definition) is 3. The van der Waals surface area contributed by atoms with Crippen molar-refractivity contribution in [2.75, 3.05) is 18.8 Å². The van der Waals surface area contributed by atoms with E-state index in [-0.39, 0.29) is 11.7 Å². The van der Waals surface area contributed by atoms with Crippen LogP contribution in [0.5, 0.6) is 0 Å². The fourth-order valence-corrected chi connectivity index (χ4v) is 4.36. The highest BCUT2D eigenvalue weighted by Crippen LogP contribution is 2.35. The minimum Gasteiger partial charge on any atom is -0.317 e. The van der Waals surface area contributed by atoms with Crippen molar-refractivity contribution in [3.63, 3.8) is 0 Å². The molecule has 7 heteroatoms. The number of nitrogens with one attached hydrogen (secondary N) is 1. The smallest absolute Gasteiger partial charge is 0.317 e. The van der Waals surface area contributed by atoms with Gasteiger partial charge in [0.2, 0.25) is 0 Å². The Morgan fingerprint density at radius 2 is 1.75 bits per heavy atom. The van der Waals surface area contributed by atoms with Crippen molar-refractivity contribution in [2.24, 2.45) is 5.92 Å². The Hall–Kier alpha value is -1.08. The van der Waals surface area contributed by atoms with Gasteiger partial charge in [0.05, 0.1) is 16.2 Å². The maximum absolute atomic E-state index is 12.9. The van der Waals surface area contributed by atoms with E-state index in [1.54, 1.807) is 0 Å². The van der Waals surface area contributed by atoms with Gasteiger partial charge in [-0.1, -0.05) is 12.1 Å². The molecule has 0 unspecified atom stereocenters. The zero-order valence-electron chi connectivity index (χ0n) is 10.8. The normalized spacial score (nSPS) is 18.1. The summed E-state index contributed by atoms with van der Waals surface area (Å²) in [6, 6.07) is 4.38. The summed E-state index contributed by atoms with van der Waals surface area (Å²) in [5, 5.41) is 3.10. The molecule has 2 rings (SSSR count). The van der Waals surface area contributed by atoms with Gasteiger partial charge in [-0.05, 0) is 44.0 Å². The summed E-state index contributed by atoms with van der Waals surface area (Å²) in [7, 11) is -3.92. The van der Waals surface area contributed by atoms with Gasteiger partial charge < -0.3 is 5.32 Å². The van der Waals surface area contributed by atoms with Crippen LogP contribution < -0.4 is 5.32 Å². The molecule has 0 aliphatic carbocycles. The van der Waals surface area contributed by atoms with Gasteiger partial charge in [-0.3, -0.25) is 0 Å². The van der Waals surface area contributed by atoms with Crippen molar-refractivity contribution in [1.82, 2.24) is 5.32 Å². The van der Waals surface area contributed by atoms with E-state index < -0.39 is 26.5 Å². The topological polar surface area (TPSA) is 46.2 Å². The number of benzene rings is 1. The van der Waals surface area contributed by atoms with Crippen LogP contribution in [0.25, 0.3) is 0 Å². The lowest BCUT2D eigenvalue weighted by Crippen LogP contribution is -2.31. The molecule has 1 heterocycles. The zero-order valence-corrected chi connectivity index (χ0v) is 11.6. The molecule has 1 saturated heterocycles. The third kappa shape index (κ3) is 3.52. The Bertz CT molecular complexity index is 563. The molecule has 0 aromatic heterocycles. The fraction of sp³-hybridized carbons (Fsp3) is 0.538. The Kier molecular flexibility index (Phi) is 4.39. The number of halogens is 3. The standard InChI is InChI=1S/C13H16F3NO2S/c14-13(15,16)11-3-1-2-4-12(11)20(18,19)9-10-5-7-17-8-6-10/h1-4,10,17H,5-9H2. The van der Waals surface area contributed by atoms with E-state index >= 15 is 0 Å². The fourth-order valence-electron chi connectivity index (χ4n) is 2.42. The summed E-state index contributed by atoms with van der Waals surface area (Å²) < 4.78 is 63.1. The van der Waals surface area contributed by atoms with Crippen LogP contribution in [0.15, 0.2) is 29.2 Å². The average Bonchev–Trinajstić information content (AvgIpc) is 2.38. The molecule has 0 amide bonds. The lowest BCUT2D eigenvalue weighted by Gasteiger charge is -2.23. The number of sulfone groups is 1. The van der Waals surface area contributed by atoms with Crippen molar-refractivity contribution in [2.45, 2.75) is 23.9 Å². The monoisotopic (exact) mass is 307 g/mol. The van der Waals surface area contributed by atoms with Crippen molar-refractivity contribution in [1.29, 1.82) is 0 Å². The van der Waals surface area contributed by atoms with Crippen molar-refractivity contribution in [3.05, 3.63) is 29.8 Å². The molecule has 3 nitrogen and oxygen atoms in total. The first kappa shape index (κ1) is 15.3. The van der Waals surface area contributed by atoms with Crippen LogP contribution >= 0.6 is 0 Å². The molecule has 0 atom stereocenters. The molecule has 0 saturated carbocycles. The van der Waals surface area contributed by atoms with Gasteiger partial charge in [-0.2, -0.15) is 13.2 Å². The molecule has 20 heavy (non-hydrogen) atoms. The van der Waals surface area contributed by atoms with E-state index in [0.717, 1.165) is 12.1 Å². The second kappa shape index (κ2) is 5.73. The first-order chi connectivity index (χ1) is 9.31. The molecule has 1 aromatic rings. The van der Waals surface area contributed by atoms with Gasteiger partial charge in [0.1, 0.15) is 0 Å². The van der Waals surface area contributed by atoms with Gasteiger partial charge in [0, 0.05) is 0 Å². The predicted octanol–water partition coefficient (Wildman–Crippen LogP) is 2.48. The van der Waals surface area contributed by atoms with E-state index in [4.69, 9.17) is 0 Å². The van der Waals surface area contributed by atoms with E-state index in [9.17, 15) is 21.6 Å². The number of alkyl halides is 3. The van der Waals surface area contributed by atoms with Crippen LogP contribution in [-0.2, 0) is 16.0 Å². The summed E-state index contributed by atoms with van der Waals surface area (Å²) in [4.78, 5) is -0.606. The lowest BCUT2D eigenvalue weighted by atomic mass is 10.0. The Labute approximate surface area is 116 Å². The van der Waals surface area contributed by atoms with Crippen LogP contribution in [0.3, 0.4) is 0 Å².